The van der Waals surface area contributed by atoms with Crippen molar-refractivity contribution in [2.45, 2.75) is 17.7 Å². The summed E-state index contributed by atoms with van der Waals surface area (Å²) in [5.74, 6) is -0.320. The zero-order valence-corrected chi connectivity index (χ0v) is 16.7. The second-order valence-electron chi connectivity index (χ2n) is 5.84. The van der Waals surface area contributed by atoms with Crippen molar-refractivity contribution >= 4 is 34.1 Å². The molecule has 0 spiro atoms. The number of methoxy groups -OCH3 is 1. The number of anilines is 1. The van der Waals surface area contributed by atoms with Gasteiger partial charge in [-0.25, -0.2) is 13.8 Å². The molecule has 0 saturated heterocycles. The Labute approximate surface area is 170 Å². The molecule has 0 aliphatic rings. The van der Waals surface area contributed by atoms with Gasteiger partial charge in [0.1, 0.15) is 5.75 Å². The lowest BCUT2D eigenvalue weighted by molar-refractivity contribution is -0.116. The molecule has 1 aromatic heterocycles. The summed E-state index contributed by atoms with van der Waals surface area (Å²) in [5.41, 5.74) is 0.959. The van der Waals surface area contributed by atoms with Gasteiger partial charge < -0.3 is 10.1 Å². The fourth-order valence-corrected chi connectivity index (χ4v) is 3.98. The Morgan fingerprint density at radius 3 is 2.68 bits per heavy atom. The lowest BCUT2D eigenvalue weighted by atomic mass is 10.2. The molecule has 28 heavy (non-hydrogen) atoms. The second-order valence-corrected chi connectivity index (χ2v) is 7.87. The van der Waals surface area contributed by atoms with Gasteiger partial charge in [-0.1, -0.05) is 0 Å². The van der Waals surface area contributed by atoms with Crippen LogP contribution in [0.2, 0.25) is 0 Å². The van der Waals surface area contributed by atoms with Gasteiger partial charge in [0.25, 0.3) is 0 Å². The maximum Gasteiger partial charge on any atom is 0.226 e. The summed E-state index contributed by atoms with van der Waals surface area (Å²) in [5, 5.41) is 4.88. The first-order chi connectivity index (χ1) is 13.5. The Morgan fingerprint density at radius 1 is 1.18 bits per heavy atom. The summed E-state index contributed by atoms with van der Waals surface area (Å²) in [7, 11) is 1.63. The first-order valence-electron chi connectivity index (χ1n) is 8.53. The third-order valence-corrected chi connectivity index (χ3v) is 5.70. The highest BCUT2D eigenvalue weighted by atomic mass is 32.2. The molecule has 0 bridgehead atoms. The fraction of sp³-hybridized carbons (Fsp3) is 0.200. The van der Waals surface area contributed by atoms with Crippen molar-refractivity contribution in [2.24, 2.45) is 0 Å². The number of amides is 1. The number of rotatable bonds is 8. The molecule has 4 nitrogen and oxygen atoms in total. The number of nitrogens with zero attached hydrogens (tertiary/aromatic N) is 1. The van der Waals surface area contributed by atoms with Crippen LogP contribution in [0.25, 0.3) is 11.3 Å². The predicted molar refractivity (Wildman–Crippen MR) is 109 cm³/mol. The van der Waals surface area contributed by atoms with Crippen molar-refractivity contribution in [1.82, 2.24) is 4.98 Å². The standard InChI is InChI=1S/C20H18F2N2O2S2/c1-26-14-5-7-15(8-6-14)27-10-2-3-19(25)24-20-23-18(12-28-20)13-4-9-16(21)17(22)11-13/h4-9,11-12H,2-3,10H2,1H3,(H,23,24,25). The number of ether oxygens (including phenoxy) is 1. The molecule has 1 N–H and O–H groups in total. The molecular formula is C20H18F2N2O2S2. The van der Waals surface area contributed by atoms with Gasteiger partial charge in [0.2, 0.25) is 5.91 Å². The summed E-state index contributed by atoms with van der Waals surface area (Å²) in [6.45, 7) is 0. The minimum Gasteiger partial charge on any atom is -0.497 e. The SMILES string of the molecule is COc1ccc(SCCCC(=O)Nc2nc(-c3ccc(F)c(F)c3)cs2)cc1. The summed E-state index contributed by atoms with van der Waals surface area (Å²) in [6, 6.07) is 11.4. The number of aromatic nitrogens is 1. The molecule has 0 fully saturated rings. The van der Waals surface area contributed by atoms with E-state index in [1.54, 1.807) is 24.3 Å². The highest BCUT2D eigenvalue weighted by Crippen LogP contribution is 2.26. The lowest BCUT2D eigenvalue weighted by Crippen LogP contribution is -2.11. The van der Waals surface area contributed by atoms with Crippen molar-refractivity contribution in [1.29, 1.82) is 0 Å². The van der Waals surface area contributed by atoms with Crippen LogP contribution in [-0.2, 0) is 4.79 Å². The van der Waals surface area contributed by atoms with Gasteiger partial charge in [-0.3, -0.25) is 4.79 Å². The first kappa shape index (κ1) is 20.3. The van der Waals surface area contributed by atoms with Crippen molar-refractivity contribution in [3.8, 4) is 17.0 Å². The fourth-order valence-electron chi connectivity index (χ4n) is 2.40. The molecule has 3 aromatic rings. The summed E-state index contributed by atoms with van der Waals surface area (Å²) in [6.07, 6.45) is 1.10. The van der Waals surface area contributed by atoms with Crippen LogP contribution in [0.3, 0.4) is 0 Å². The van der Waals surface area contributed by atoms with E-state index < -0.39 is 11.6 Å². The molecule has 0 saturated carbocycles. The number of thioether (sulfide) groups is 1. The van der Waals surface area contributed by atoms with Crippen molar-refractivity contribution in [3.05, 3.63) is 59.5 Å². The molecular weight excluding hydrogens is 402 g/mol. The third kappa shape index (κ3) is 5.53. The van der Waals surface area contributed by atoms with Gasteiger partial charge in [-0.05, 0) is 54.6 Å². The number of halogens is 2. The zero-order chi connectivity index (χ0) is 19.9. The summed E-state index contributed by atoms with van der Waals surface area (Å²) < 4.78 is 31.5. The monoisotopic (exact) mass is 420 g/mol. The normalized spacial score (nSPS) is 10.7. The molecule has 8 heteroatoms. The molecule has 0 aliphatic carbocycles. The van der Waals surface area contributed by atoms with Gasteiger partial charge >= 0.3 is 0 Å². The van der Waals surface area contributed by atoms with Crippen LogP contribution in [0.1, 0.15) is 12.8 Å². The van der Waals surface area contributed by atoms with E-state index >= 15 is 0 Å². The van der Waals surface area contributed by atoms with E-state index in [-0.39, 0.29) is 5.91 Å². The van der Waals surface area contributed by atoms with E-state index in [4.69, 9.17) is 4.74 Å². The van der Waals surface area contributed by atoms with Crippen molar-refractivity contribution in [3.63, 3.8) is 0 Å². The average molecular weight is 421 g/mol. The van der Waals surface area contributed by atoms with Crippen LogP contribution in [0.5, 0.6) is 5.75 Å². The second kappa shape index (κ2) is 9.66. The highest BCUT2D eigenvalue weighted by Gasteiger charge is 2.10. The molecule has 1 heterocycles. The van der Waals surface area contributed by atoms with Gasteiger partial charge in [0.05, 0.1) is 12.8 Å². The summed E-state index contributed by atoms with van der Waals surface area (Å²) in [4.78, 5) is 17.5. The maximum absolute atomic E-state index is 13.3. The van der Waals surface area contributed by atoms with E-state index in [0.29, 0.717) is 22.8 Å². The molecule has 1 amide bonds. The van der Waals surface area contributed by atoms with Crippen molar-refractivity contribution < 1.29 is 18.3 Å². The van der Waals surface area contributed by atoms with Gasteiger partial charge in [-0.15, -0.1) is 23.1 Å². The van der Waals surface area contributed by atoms with Gasteiger partial charge in [0, 0.05) is 22.3 Å². The van der Waals surface area contributed by atoms with Crippen LogP contribution < -0.4 is 10.1 Å². The van der Waals surface area contributed by atoms with E-state index in [2.05, 4.69) is 10.3 Å². The molecule has 2 aromatic carbocycles. The molecule has 0 unspecified atom stereocenters. The van der Waals surface area contributed by atoms with Crippen LogP contribution in [0.15, 0.2) is 52.7 Å². The molecule has 0 aliphatic heterocycles. The first-order valence-corrected chi connectivity index (χ1v) is 10.4. The van der Waals surface area contributed by atoms with Crippen LogP contribution in [0, 0.1) is 11.6 Å². The topological polar surface area (TPSA) is 51.2 Å². The Bertz CT molecular complexity index is 946. The van der Waals surface area contributed by atoms with Gasteiger partial charge in [0.15, 0.2) is 16.8 Å². The number of hydrogen-bond acceptors (Lipinski definition) is 5. The maximum atomic E-state index is 13.3. The molecule has 0 atom stereocenters. The van der Waals surface area contributed by atoms with Crippen LogP contribution in [-0.4, -0.2) is 23.8 Å². The molecule has 0 radical (unpaired) electrons. The average Bonchev–Trinajstić information content (AvgIpc) is 3.16. The van der Waals surface area contributed by atoms with Gasteiger partial charge in [-0.2, -0.15) is 0 Å². The number of thiazole rings is 1. The quantitative estimate of drug-likeness (QED) is 0.380. The Kier molecular flexibility index (Phi) is 7.00. The Balaban J connectivity index is 1.44. The highest BCUT2D eigenvalue weighted by molar-refractivity contribution is 7.99. The van der Waals surface area contributed by atoms with E-state index in [9.17, 15) is 13.6 Å². The molecule has 146 valence electrons. The largest absolute Gasteiger partial charge is 0.497 e. The number of carbonyl (C=O) groups is 1. The third-order valence-electron chi connectivity index (χ3n) is 3.84. The zero-order valence-electron chi connectivity index (χ0n) is 15.1. The van der Waals surface area contributed by atoms with E-state index in [0.717, 1.165) is 35.0 Å². The molecule has 3 rings (SSSR count). The van der Waals surface area contributed by atoms with E-state index in [1.807, 2.05) is 24.3 Å². The number of carbonyl (C=O) groups excluding carboxylic acids is 1. The predicted octanol–water partition coefficient (Wildman–Crippen LogP) is 5.61. The summed E-state index contributed by atoms with van der Waals surface area (Å²) >= 11 is 2.92. The van der Waals surface area contributed by atoms with E-state index in [1.165, 1.54) is 17.4 Å². The number of benzene rings is 2. The van der Waals surface area contributed by atoms with Crippen molar-refractivity contribution in [2.75, 3.05) is 18.2 Å². The number of nitrogens with one attached hydrogen (secondary N) is 1. The smallest absolute Gasteiger partial charge is 0.226 e. The number of hydrogen-bond donors (Lipinski definition) is 1. The Hall–Kier alpha value is -2.45. The minimum absolute atomic E-state index is 0.124. The van der Waals surface area contributed by atoms with Crippen LogP contribution in [0.4, 0.5) is 13.9 Å². The lowest BCUT2D eigenvalue weighted by Gasteiger charge is -2.04. The Morgan fingerprint density at radius 2 is 1.96 bits per heavy atom. The minimum atomic E-state index is -0.926. The van der Waals surface area contributed by atoms with Crippen LogP contribution >= 0.6 is 23.1 Å².